The standard InChI is InChI=1S/C28H25FN4O3/c1-3-19-6-4-5-7-23(19)31-25(34)16-33-24-13-10-20(29)14-22(24)26-27(33)28(35)32(17-30-26)15-18-8-11-21(36-2)12-9-18/h4-14,17H,3,15-16H2,1-2H3,(H,31,34). The lowest BCUT2D eigenvalue weighted by Gasteiger charge is -2.12. The van der Waals surface area contributed by atoms with Gasteiger partial charge in [-0.3, -0.25) is 14.2 Å². The van der Waals surface area contributed by atoms with Crippen LogP contribution in [0.5, 0.6) is 5.75 Å². The first-order valence-corrected chi connectivity index (χ1v) is 11.7. The number of amides is 1. The zero-order chi connectivity index (χ0) is 25.2. The molecule has 0 atom stereocenters. The molecule has 5 aromatic rings. The number of rotatable bonds is 7. The maximum Gasteiger partial charge on any atom is 0.278 e. The van der Waals surface area contributed by atoms with Crippen LogP contribution in [-0.2, 0) is 24.3 Å². The molecule has 0 saturated heterocycles. The summed E-state index contributed by atoms with van der Waals surface area (Å²) >= 11 is 0. The Kier molecular flexibility index (Phi) is 6.25. The number of halogens is 1. The van der Waals surface area contributed by atoms with Crippen molar-refractivity contribution in [1.29, 1.82) is 0 Å². The van der Waals surface area contributed by atoms with E-state index >= 15 is 0 Å². The van der Waals surface area contributed by atoms with Crippen LogP contribution >= 0.6 is 0 Å². The van der Waals surface area contributed by atoms with Crippen molar-refractivity contribution in [3.63, 3.8) is 0 Å². The molecule has 1 N–H and O–H groups in total. The Morgan fingerprint density at radius 2 is 1.86 bits per heavy atom. The third-order valence-electron chi connectivity index (χ3n) is 6.27. The lowest BCUT2D eigenvalue weighted by molar-refractivity contribution is -0.116. The number of carbonyl (C=O) groups excluding carboxylic acids is 1. The minimum Gasteiger partial charge on any atom is -0.497 e. The molecule has 0 aliphatic rings. The van der Waals surface area contributed by atoms with Crippen molar-refractivity contribution in [2.45, 2.75) is 26.4 Å². The van der Waals surface area contributed by atoms with Crippen LogP contribution < -0.4 is 15.6 Å². The molecule has 5 rings (SSSR count). The molecule has 2 aromatic heterocycles. The van der Waals surface area contributed by atoms with Crippen LogP contribution in [-0.4, -0.2) is 27.1 Å². The normalized spacial score (nSPS) is 11.2. The summed E-state index contributed by atoms with van der Waals surface area (Å²) in [5.41, 5.74) is 3.51. The molecule has 0 bridgehead atoms. The van der Waals surface area contributed by atoms with Crippen LogP contribution in [0.2, 0.25) is 0 Å². The molecule has 0 unspecified atom stereocenters. The number of nitrogens with zero attached hydrogens (tertiary/aromatic N) is 3. The molecule has 0 aliphatic carbocycles. The van der Waals surface area contributed by atoms with E-state index < -0.39 is 5.82 Å². The van der Waals surface area contributed by atoms with E-state index in [-0.39, 0.29) is 30.1 Å². The Labute approximate surface area is 206 Å². The number of ether oxygens (including phenoxy) is 1. The van der Waals surface area contributed by atoms with Crippen molar-refractivity contribution >= 4 is 33.5 Å². The largest absolute Gasteiger partial charge is 0.497 e. The summed E-state index contributed by atoms with van der Waals surface area (Å²) in [6, 6.07) is 19.2. The van der Waals surface area contributed by atoms with Crippen LogP contribution in [0.25, 0.3) is 21.9 Å². The van der Waals surface area contributed by atoms with E-state index in [4.69, 9.17) is 4.74 Å². The fraction of sp³-hybridized carbons (Fsp3) is 0.179. The Balaban J connectivity index is 1.57. The average Bonchev–Trinajstić information content (AvgIpc) is 3.19. The van der Waals surface area contributed by atoms with Crippen molar-refractivity contribution in [2.75, 3.05) is 12.4 Å². The molecule has 0 saturated carbocycles. The molecule has 3 aromatic carbocycles. The zero-order valence-corrected chi connectivity index (χ0v) is 20.0. The molecule has 36 heavy (non-hydrogen) atoms. The molecular weight excluding hydrogens is 459 g/mol. The quantitative estimate of drug-likeness (QED) is 0.362. The SMILES string of the molecule is CCc1ccccc1NC(=O)Cn1c2ccc(F)cc2c2ncn(Cc3ccc(OC)cc3)c(=O)c21. The number of benzene rings is 3. The fourth-order valence-corrected chi connectivity index (χ4v) is 4.46. The van der Waals surface area contributed by atoms with Gasteiger partial charge in [-0.05, 0) is 53.9 Å². The van der Waals surface area contributed by atoms with Crippen LogP contribution in [0.1, 0.15) is 18.1 Å². The van der Waals surface area contributed by atoms with Crippen LogP contribution in [0.15, 0.2) is 77.9 Å². The van der Waals surface area contributed by atoms with Crippen molar-refractivity contribution in [3.8, 4) is 5.75 Å². The second-order valence-electron chi connectivity index (χ2n) is 8.53. The van der Waals surface area contributed by atoms with E-state index in [0.29, 0.717) is 16.4 Å². The average molecular weight is 485 g/mol. The highest BCUT2D eigenvalue weighted by Crippen LogP contribution is 2.27. The number of carbonyl (C=O) groups is 1. The predicted molar refractivity (Wildman–Crippen MR) is 138 cm³/mol. The summed E-state index contributed by atoms with van der Waals surface area (Å²) in [5.74, 6) is -0.00597. The highest BCUT2D eigenvalue weighted by molar-refractivity contribution is 6.06. The molecule has 8 heteroatoms. The molecule has 1 amide bonds. The Hall–Kier alpha value is -4.46. The molecule has 2 heterocycles. The first-order valence-electron chi connectivity index (χ1n) is 11.7. The van der Waals surface area contributed by atoms with Gasteiger partial charge in [-0.25, -0.2) is 9.37 Å². The molecule has 0 aliphatic heterocycles. The first kappa shape index (κ1) is 23.3. The van der Waals surface area contributed by atoms with Crippen LogP contribution in [0, 0.1) is 5.82 Å². The fourth-order valence-electron chi connectivity index (χ4n) is 4.46. The molecular formula is C28H25FN4O3. The topological polar surface area (TPSA) is 78.2 Å². The summed E-state index contributed by atoms with van der Waals surface area (Å²) in [6.45, 7) is 2.19. The van der Waals surface area contributed by atoms with Crippen molar-refractivity contribution in [1.82, 2.24) is 14.1 Å². The van der Waals surface area contributed by atoms with E-state index in [1.54, 1.807) is 17.7 Å². The minimum absolute atomic E-state index is 0.118. The number of hydrogen-bond acceptors (Lipinski definition) is 4. The third kappa shape index (κ3) is 4.33. The number of nitrogens with one attached hydrogen (secondary N) is 1. The summed E-state index contributed by atoms with van der Waals surface area (Å²) in [4.78, 5) is 31.2. The van der Waals surface area contributed by atoms with Crippen molar-refractivity contribution in [3.05, 3.63) is 100 Å². The van der Waals surface area contributed by atoms with Gasteiger partial charge in [0.1, 0.15) is 29.1 Å². The lowest BCUT2D eigenvalue weighted by atomic mass is 10.1. The molecule has 7 nitrogen and oxygen atoms in total. The minimum atomic E-state index is -0.438. The smallest absolute Gasteiger partial charge is 0.278 e. The summed E-state index contributed by atoms with van der Waals surface area (Å²) in [5, 5.41) is 3.44. The monoisotopic (exact) mass is 484 g/mol. The zero-order valence-electron chi connectivity index (χ0n) is 20.0. The number of aryl methyl sites for hydroxylation is 1. The van der Waals surface area contributed by atoms with E-state index in [1.807, 2.05) is 55.5 Å². The van der Waals surface area contributed by atoms with Gasteiger partial charge in [0.2, 0.25) is 5.91 Å². The number of aromatic nitrogens is 3. The summed E-state index contributed by atoms with van der Waals surface area (Å²) in [7, 11) is 1.59. The predicted octanol–water partition coefficient (Wildman–Crippen LogP) is 4.75. The van der Waals surface area contributed by atoms with Crippen molar-refractivity contribution < 1.29 is 13.9 Å². The van der Waals surface area contributed by atoms with E-state index in [1.165, 1.54) is 23.0 Å². The second-order valence-corrected chi connectivity index (χ2v) is 8.53. The Morgan fingerprint density at radius 3 is 2.61 bits per heavy atom. The number of fused-ring (bicyclic) bond motifs is 3. The van der Waals surface area contributed by atoms with Gasteiger partial charge < -0.3 is 14.6 Å². The molecule has 0 spiro atoms. The molecule has 0 fully saturated rings. The second kappa shape index (κ2) is 9.65. The van der Waals surface area contributed by atoms with Gasteiger partial charge in [0, 0.05) is 11.1 Å². The summed E-state index contributed by atoms with van der Waals surface area (Å²) in [6.07, 6.45) is 2.23. The number of anilines is 1. The van der Waals surface area contributed by atoms with E-state index in [2.05, 4.69) is 10.3 Å². The number of para-hydroxylation sites is 1. The third-order valence-corrected chi connectivity index (χ3v) is 6.27. The van der Waals surface area contributed by atoms with Gasteiger partial charge in [0.15, 0.2) is 0 Å². The van der Waals surface area contributed by atoms with Gasteiger partial charge in [0.25, 0.3) is 5.56 Å². The molecule has 182 valence electrons. The van der Waals surface area contributed by atoms with Gasteiger partial charge in [-0.1, -0.05) is 37.3 Å². The number of methoxy groups -OCH3 is 1. The summed E-state index contributed by atoms with van der Waals surface area (Å²) < 4.78 is 22.4. The Bertz CT molecular complexity index is 1640. The van der Waals surface area contributed by atoms with Gasteiger partial charge in [-0.2, -0.15) is 0 Å². The van der Waals surface area contributed by atoms with Crippen LogP contribution in [0.4, 0.5) is 10.1 Å². The van der Waals surface area contributed by atoms with Crippen molar-refractivity contribution in [2.24, 2.45) is 0 Å². The highest BCUT2D eigenvalue weighted by Gasteiger charge is 2.19. The highest BCUT2D eigenvalue weighted by atomic mass is 19.1. The first-order chi connectivity index (χ1) is 17.5. The van der Waals surface area contributed by atoms with E-state index in [9.17, 15) is 14.0 Å². The maximum absolute atomic E-state index is 14.1. The molecule has 0 radical (unpaired) electrons. The van der Waals surface area contributed by atoms with Gasteiger partial charge in [0.05, 0.1) is 25.5 Å². The van der Waals surface area contributed by atoms with E-state index in [0.717, 1.165) is 29.0 Å². The lowest BCUT2D eigenvalue weighted by Crippen LogP contribution is -2.25. The van der Waals surface area contributed by atoms with Gasteiger partial charge in [-0.15, -0.1) is 0 Å². The van der Waals surface area contributed by atoms with Gasteiger partial charge >= 0.3 is 0 Å². The van der Waals surface area contributed by atoms with Crippen LogP contribution in [0.3, 0.4) is 0 Å². The maximum atomic E-state index is 14.1. The Morgan fingerprint density at radius 1 is 1.08 bits per heavy atom. The number of hydrogen-bond donors (Lipinski definition) is 1.